The van der Waals surface area contributed by atoms with Gasteiger partial charge in [-0.2, -0.15) is 16.9 Å². The Hall–Kier alpha value is -0.720. The summed E-state index contributed by atoms with van der Waals surface area (Å²) in [5.74, 6) is 1.22. The Balaban J connectivity index is 2.29. The minimum atomic E-state index is -3.40. The first-order valence-corrected chi connectivity index (χ1v) is 7.93. The molecule has 0 radical (unpaired) electrons. The lowest BCUT2D eigenvalue weighted by molar-refractivity contribution is 0.410. The second-order valence-electron chi connectivity index (χ2n) is 4.27. The van der Waals surface area contributed by atoms with Crippen LogP contribution in [0.4, 0.5) is 0 Å². The molecule has 1 aliphatic rings. The van der Waals surface area contributed by atoms with E-state index in [9.17, 15) is 8.42 Å². The van der Waals surface area contributed by atoms with Gasteiger partial charge in [0.25, 0.3) is 0 Å². The first kappa shape index (κ1) is 13.7. The van der Waals surface area contributed by atoms with E-state index in [1.54, 1.807) is 35.7 Å². The van der Waals surface area contributed by atoms with Crippen molar-refractivity contribution in [2.45, 2.75) is 23.8 Å². The highest BCUT2D eigenvalue weighted by Gasteiger charge is 2.34. The summed E-state index contributed by atoms with van der Waals surface area (Å²) in [5.41, 5.74) is 0. The molecule has 1 aliphatic heterocycles. The summed E-state index contributed by atoms with van der Waals surface area (Å²) in [7, 11) is -1.84. The summed E-state index contributed by atoms with van der Waals surface area (Å²) >= 11 is 4.22. The molecule has 6 heteroatoms. The van der Waals surface area contributed by atoms with Crippen LogP contribution in [0.15, 0.2) is 29.2 Å². The number of rotatable bonds is 4. The van der Waals surface area contributed by atoms with Crippen molar-refractivity contribution in [1.82, 2.24) is 4.31 Å². The summed E-state index contributed by atoms with van der Waals surface area (Å²) in [5, 5.41) is 0. The maximum atomic E-state index is 12.5. The topological polar surface area (TPSA) is 46.6 Å². The average molecular weight is 287 g/mol. The molecular formula is C12H17NO3S2. The van der Waals surface area contributed by atoms with Crippen molar-refractivity contribution in [1.29, 1.82) is 0 Å². The largest absolute Gasteiger partial charge is 0.497 e. The van der Waals surface area contributed by atoms with Gasteiger partial charge in [-0.05, 0) is 37.1 Å². The van der Waals surface area contributed by atoms with E-state index >= 15 is 0 Å². The van der Waals surface area contributed by atoms with Crippen LogP contribution < -0.4 is 4.74 Å². The molecule has 4 nitrogen and oxygen atoms in total. The van der Waals surface area contributed by atoms with Gasteiger partial charge in [0.2, 0.25) is 10.0 Å². The molecule has 0 N–H and O–H groups in total. The Bertz CT molecular complexity index is 499. The monoisotopic (exact) mass is 287 g/mol. The van der Waals surface area contributed by atoms with E-state index in [0.29, 0.717) is 22.9 Å². The Labute approximate surface area is 113 Å². The highest BCUT2D eigenvalue weighted by molar-refractivity contribution is 7.89. The van der Waals surface area contributed by atoms with Crippen molar-refractivity contribution in [3.05, 3.63) is 24.3 Å². The summed E-state index contributed by atoms with van der Waals surface area (Å²) in [6, 6.07) is 6.52. The number of ether oxygens (including phenoxy) is 1. The van der Waals surface area contributed by atoms with Gasteiger partial charge in [-0.25, -0.2) is 8.42 Å². The normalized spacial score (nSPS) is 21.1. The zero-order valence-corrected chi connectivity index (χ0v) is 12.0. The van der Waals surface area contributed by atoms with Crippen molar-refractivity contribution in [3.63, 3.8) is 0 Å². The third-order valence-electron chi connectivity index (χ3n) is 3.20. The zero-order valence-electron chi connectivity index (χ0n) is 10.2. The van der Waals surface area contributed by atoms with Gasteiger partial charge in [0, 0.05) is 18.3 Å². The van der Waals surface area contributed by atoms with E-state index in [0.717, 1.165) is 12.8 Å². The molecule has 18 heavy (non-hydrogen) atoms. The summed E-state index contributed by atoms with van der Waals surface area (Å²) in [6.45, 7) is 0.583. The molecule has 2 rings (SSSR count). The van der Waals surface area contributed by atoms with E-state index < -0.39 is 10.0 Å². The smallest absolute Gasteiger partial charge is 0.243 e. The molecule has 0 aliphatic carbocycles. The summed E-state index contributed by atoms with van der Waals surface area (Å²) in [4.78, 5) is 0.317. The highest BCUT2D eigenvalue weighted by Crippen LogP contribution is 2.27. The van der Waals surface area contributed by atoms with Crippen LogP contribution in [0.2, 0.25) is 0 Å². The number of methoxy groups -OCH3 is 1. The lowest BCUT2D eigenvalue weighted by Crippen LogP contribution is -2.36. The Kier molecular flexibility index (Phi) is 4.19. The van der Waals surface area contributed by atoms with Crippen molar-refractivity contribution in [3.8, 4) is 5.75 Å². The predicted molar refractivity (Wildman–Crippen MR) is 73.8 cm³/mol. The van der Waals surface area contributed by atoms with Gasteiger partial charge in [0.05, 0.1) is 12.0 Å². The minimum Gasteiger partial charge on any atom is -0.497 e. The molecular weight excluding hydrogens is 270 g/mol. The lowest BCUT2D eigenvalue weighted by Gasteiger charge is -2.22. The van der Waals surface area contributed by atoms with Crippen LogP contribution in [0, 0.1) is 0 Å². The SMILES string of the molecule is COc1ccc(S(=O)(=O)N2CCC[C@@H]2CS)cc1. The van der Waals surface area contributed by atoms with Gasteiger partial charge >= 0.3 is 0 Å². The third kappa shape index (κ3) is 2.50. The fourth-order valence-corrected chi connectivity index (χ4v) is 4.37. The third-order valence-corrected chi connectivity index (χ3v) is 5.59. The summed E-state index contributed by atoms with van der Waals surface area (Å²) in [6.07, 6.45) is 1.79. The Morgan fingerprint density at radius 1 is 1.39 bits per heavy atom. The van der Waals surface area contributed by atoms with Crippen LogP contribution >= 0.6 is 12.6 Å². The molecule has 0 unspecified atom stereocenters. The number of hydrogen-bond acceptors (Lipinski definition) is 4. The van der Waals surface area contributed by atoms with Crippen molar-refractivity contribution in [2.24, 2.45) is 0 Å². The molecule has 0 amide bonds. The molecule has 0 aromatic heterocycles. The fraction of sp³-hybridized carbons (Fsp3) is 0.500. The van der Waals surface area contributed by atoms with Gasteiger partial charge in [0.15, 0.2) is 0 Å². The van der Waals surface area contributed by atoms with Crippen LogP contribution in [0.1, 0.15) is 12.8 Å². The Morgan fingerprint density at radius 3 is 2.61 bits per heavy atom. The first-order valence-electron chi connectivity index (χ1n) is 5.86. The van der Waals surface area contributed by atoms with Crippen molar-refractivity contribution >= 4 is 22.7 Å². The lowest BCUT2D eigenvalue weighted by atomic mass is 10.3. The highest BCUT2D eigenvalue weighted by atomic mass is 32.2. The standard InChI is InChI=1S/C12H17NO3S2/c1-16-11-4-6-12(7-5-11)18(14,15)13-8-2-3-10(13)9-17/h4-7,10,17H,2-3,8-9H2,1H3/t10-/m1/s1. The van der Waals surface area contributed by atoms with Gasteiger partial charge in [0.1, 0.15) is 5.75 Å². The van der Waals surface area contributed by atoms with Crippen molar-refractivity contribution < 1.29 is 13.2 Å². The van der Waals surface area contributed by atoms with Crippen LogP contribution in [-0.4, -0.2) is 38.2 Å². The zero-order chi connectivity index (χ0) is 13.2. The Morgan fingerprint density at radius 2 is 2.06 bits per heavy atom. The molecule has 1 aromatic carbocycles. The molecule has 0 saturated carbocycles. The minimum absolute atomic E-state index is 0.0143. The second kappa shape index (κ2) is 5.50. The van der Waals surface area contributed by atoms with Gasteiger partial charge in [-0.1, -0.05) is 0 Å². The van der Waals surface area contributed by atoms with Crippen LogP contribution in [0.25, 0.3) is 0 Å². The number of hydrogen-bond donors (Lipinski definition) is 1. The maximum Gasteiger partial charge on any atom is 0.243 e. The molecule has 1 atom stereocenters. The number of thiol groups is 1. The molecule has 0 spiro atoms. The van der Waals surface area contributed by atoms with E-state index in [1.165, 1.54) is 0 Å². The van der Waals surface area contributed by atoms with Gasteiger partial charge in [-0.3, -0.25) is 0 Å². The molecule has 1 saturated heterocycles. The average Bonchev–Trinajstić information content (AvgIpc) is 2.88. The fourth-order valence-electron chi connectivity index (χ4n) is 2.19. The summed E-state index contributed by atoms with van der Waals surface area (Å²) < 4.78 is 31.5. The van der Waals surface area contributed by atoms with Gasteiger partial charge < -0.3 is 4.74 Å². The van der Waals surface area contributed by atoms with E-state index in [1.807, 2.05) is 0 Å². The quantitative estimate of drug-likeness (QED) is 0.859. The molecule has 1 heterocycles. The predicted octanol–water partition coefficient (Wildman–Crippen LogP) is 1.78. The van der Waals surface area contributed by atoms with Crippen molar-refractivity contribution in [2.75, 3.05) is 19.4 Å². The molecule has 1 aromatic rings. The van der Waals surface area contributed by atoms with Crippen LogP contribution in [-0.2, 0) is 10.0 Å². The molecule has 1 fully saturated rings. The number of benzene rings is 1. The van der Waals surface area contributed by atoms with E-state index in [-0.39, 0.29) is 6.04 Å². The molecule has 100 valence electrons. The van der Waals surface area contributed by atoms with Crippen LogP contribution in [0.5, 0.6) is 5.75 Å². The molecule has 0 bridgehead atoms. The number of nitrogens with zero attached hydrogens (tertiary/aromatic N) is 1. The second-order valence-corrected chi connectivity index (χ2v) is 6.53. The van der Waals surface area contributed by atoms with E-state index in [2.05, 4.69) is 12.6 Å². The van der Waals surface area contributed by atoms with Crippen LogP contribution in [0.3, 0.4) is 0 Å². The van der Waals surface area contributed by atoms with E-state index in [4.69, 9.17) is 4.74 Å². The maximum absolute atomic E-state index is 12.5. The number of sulfonamides is 1. The first-order chi connectivity index (χ1) is 8.59. The van der Waals surface area contributed by atoms with Gasteiger partial charge in [-0.15, -0.1) is 0 Å².